The van der Waals surface area contributed by atoms with E-state index in [1.165, 1.54) is 30.6 Å². The van der Waals surface area contributed by atoms with Crippen molar-refractivity contribution < 1.29 is 0 Å². The van der Waals surface area contributed by atoms with Gasteiger partial charge in [-0.15, -0.1) is 11.3 Å². The van der Waals surface area contributed by atoms with Gasteiger partial charge in [-0.1, -0.05) is 25.7 Å². The van der Waals surface area contributed by atoms with Crippen LogP contribution in [0.15, 0.2) is 11.4 Å². The molecule has 2 N–H and O–H groups in total. The minimum atomic E-state index is 0.433. The minimum absolute atomic E-state index is 0.433. The van der Waals surface area contributed by atoms with E-state index in [1.807, 2.05) is 11.3 Å². The highest BCUT2D eigenvalue weighted by Crippen LogP contribution is 2.37. The largest absolute Gasteiger partial charge is 0.320 e. The highest BCUT2D eigenvalue weighted by Gasteiger charge is 2.28. The zero-order chi connectivity index (χ0) is 14.6. The van der Waals surface area contributed by atoms with Crippen LogP contribution in [0.5, 0.6) is 0 Å². The first-order valence-corrected chi connectivity index (χ1v) is 8.35. The molecular weight excluding hydrogens is 264 g/mol. The quantitative estimate of drug-likeness (QED) is 0.864. The third-order valence-corrected chi connectivity index (χ3v) is 5.30. The van der Waals surface area contributed by atoms with Crippen molar-refractivity contribution in [1.29, 1.82) is 0 Å². The Morgan fingerprint density at radius 1 is 1.40 bits per heavy atom. The van der Waals surface area contributed by atoms with Gasteiger partial charge in [-0.2, -0.15) is 0 Å². The average Bonchev–Trinajstić information content (AvgIpc) is 2.83. The summed E-state index contributed by atoms with van der Waals surface area (Å²) < 4.78 is 0. The number of thiophene rings is 1. The van der Waals surface area contributed by atoms with Gasteiger partial charge in [0, 0.05) is 23.0 Å². The Hall–Kier alpha value is -0.820. The van der Waals surface area contributed by atoms with Gasteiger partial charge in [0.1, 0.15) is 0 Å². The molecular formula is C17H26N2S. The SMILES string of the molecule is CN(Cc1sccc1C#CCN)C1CCC(C)(C)CC1. The van der Waals surface area contributed by atoms with Gasteiger partial charge in [0.25, 0.3) is 0 Å². The Labute approximate surface area is 127 Å². The van der Waals surface area contributed by atoms with Crippen LogP contribution in [0.1, 0.15) is 50.0 Å². The van der Waals surface area contributed by atoms with E-state index < -0.39 is 0 Å². The summed E-state index contributed by atoms with van der Waals surface area (Å²) in [6, 6.07) is 2.83. The Morgan fingerprint density at radius 3 is 2.75 bits per heavy atom. The summed E-state index contributed by atoms with van der Waals surface area (Å²) in [4.78, 5) is 3.88. The van der Waals surface area contributed by atoms with Gasteiger partial charge in [0.15, 0.2) is 0 Å². The van der Waals surface area contributed by atoms with Gasteiger partial charge in [0.2, 0.25) is 0 Å². The zero-order valence-electron chi connectivity index (χ0n) is 12.9. The molecule has 1 saturated carbocycles. The van der Waals surface area contributed by atoms with Crippen LogP contribution in [-0.4, -0.2) is 24.5 Å². The maximum Gasteiger partial charge on any atom is 0.0555 e. The molecule has 1 fully saturated rings. The summed E-state index contributed by atoms with van der Waals surface area (Å²) in [7, 11) is 2.25. The highest BCUT2D eigenvalue weighted by atomic mass is 32.1. The summed E-state index contributed by atoms with van der Waals surface area (Å²) in [6.07, 6.45) is 5.32. The number of hydrogen-bond donors (Lipinski definition) is 1. The van der Waals surface area contributed by atoms with Crippen molar-refractivity contribution in [3.63, 3.8) is 0 Å². The van der Waals surface area contributed by atoms with Crippen molar-refractivity contribution in [3.05, 3.63) is 21.9 Å². The molecule has 1 aliphatic carbocycles. The van der Waals surface area contributed by atoms with Crippen LogP contribution >= 0.6 is 11.3 Å². The van der Waals surface area contributed by atoms with Crippen LogP contribution in [-0.2, 0) is 6.54 Å². The summed E-state index contributed by atoms with van der Waals surface area (Å²) in [5.41, 5.74) is 7.15. The molecule has 0 unspecified atom stereocenters. The predicted molar refractivity (Wildman–Crippen MR) is 87.8 cm³/mol. The molecule has 1 aliphatic rings. The molecule has 0 saturated heterocycles. The Morgan fingerprint density at radius 2 is 2.10 bits per heavy atom. The van der Waals surface area contributed by atoms with E-state index in [9.17, 15) is 0 Å². The molecule has 3 heteroatoms. The minimum Gasteiger partial charge on any atom is -0.320 e. The molecule has 110 valence electrons. The van der Waals surface area contributed by atoms with Gasteiger partial charge < -0.3 is 5.73 Å². The van der Waals surface area contributed by atoms with Crippen LogP contribution < -0.4 is 5.73 Å². The van der Waals surface area contributed by atoms with Gasteiger partial charge in [-0.25, -0.2) is 0 Å². The van der Waals surface area contributed by atoms with Crippen molar-refractivity contribution in [2.45, 2.75) is 52.1 Å². The summed E-state index contributed by atoms with van der Waals surface area (Å²) in [5.74, 6) is 6.14. The first-order valence-electron chi connectivity index (χ1n) is 7.47. The molecule has 0 atom stereocenters. The van der Waals surface area contributed by atoms with Crippen LogP contribution in [0.2, 0.25) is 0 Å². The summed E-state index contributed by atoms with van der Waals surface area (Å²) in [6.45, 7) is 6.23. The van der Waals surface area contributed by atoms with Crippen molar-refractivity contribution in [1.82, 2.24) is 4.90 Å². The van der Waals surface area contributed by atoms with E-state index in [-0.39, 0.29) is 0 Å². The van der Waals surface area contributed by atoms with Crippen LogP contribution in [0.3, 0.4) is 0 Å². The molecule has 0 spiro atoms. The normalized spacial score (nSPS) is 18.9. The molecule has 20 heavy (non-hydrogen) atoms. The molecule has 1 aromatic rings. The van der Waals surface area contributed by atoms with E-state index in [2.05, 4.69) is 49.1 Å². The number of hydrogen-bond acceptors (Lipinski definition) is 3. The molecule has 0 aliphatic heterocycles. The molecule has 0 bridgehead atoms. The number of nitrogens with zero attached hydrogens (tertiary/aromatic N) is 1. The fourth-order valence-corrected chi connectivity index (χ4v) is 3.79. The summed E-state index contributed by atoms with van der Waals surface area (Å²) in [5, 5.41) is 2.13. The van der Waals surface area contributed by atoms with E-state index in [0.717, 1.165) is 18.2 Å². The predicted octanol–water partition coefficient (Wildman–Crippen LogP) is 3.46. The fourth-order valence-electron chi connectivity index (χ4n) is 2.90. The molecule has 1 heterocycles. The first-order chi connectivity index (χ1) is 9.52. The molecule has 0 aromatic carbocycles. The molecule has 0 radical (unpaired) electrons. The second-order valence-electron chi connectivity index (χ2n) is 6.57. The van der Waals surface area contributed by atoms with E-state index >= 15 is 0 Å². The first kappa shape index (κ1) is 15.6. The van der Waals surface area contributed by atoms with Crippen molar-refractivity contribution in [3.8, 4) is 11.8 Å². The van der Waals surface area contributed by atoms with E-state index in [0.29, 0.717) is 12.0 Å². The lowest BCUT2D eigenvalue weighted by Gasteiger charge is -2.38. The van der Waals surface area contributed by atoms with Crippen molar-refractivity contribution >= 4 is 11.3 Å². The standard InChI is InChI=1S/C17H26N2S/c1-17(2)9-6-15(7-10-17)19(3)13-16-14(5-4-11-18)8-12-20-16/h8,12,15H,6-7,9-11,13,18H2,1-3H3. The van der Waals surface area contributed by atoms with Crippen LogP contribution in [0.4, 0.5) is 0 Å². The topological polar surface area (TPSA) is 29.3 Å². The third-order valence-electron chi connectivity index (χ3n) is 4.40. The van der Waals surface area contributed by atoms with Gasteiger partial charge in [-0.05, 0) is 49.6 Å². The maximum atomic E-state index is 5.46. The highest BCUT2D eigenvalue weighted by molar-refractivity contribution is 7.10. The smallest absolute Gasteiger partial charge is 0.0555 e. The average molecular weight is 290 g/mol. The molecule has 1 aromatic heterocycles. The fraction of sp³-hybridized carbons (Fsp3) is 0.647. The van der Waals surface area contributed by atoms with E-state index in [4.69, 9.17) is 5.73 Å². The van der Waals surface area contributed by atoms with Gasteiger partial charge in [0.05, 0.1) is 6.54 Å². The summed E-state index contributed by atoms with van der Waals surface area (Å²) >= 11 is 1.81. The molecule has 2 nitrogen and oxygen atoms in total. The number of rotatable bonds is 3. The van der Waals surface area contributed by atoms with Crippen molar-refractivity contribution in [2.75, 3.05) is 13.6 Å². The van der Waals surface area contributed by atoms with Crippen molar-refractivity contribution in [2.24, 2.45) is 11.1 Å². The number of nitrogens with two attached hydrogens (primary N) is 1. The maximum absolute atomic E-state index is 5.46. The molecule has 0 amide bonds. The second kappa shape index (κ2) is 6.76. The lowest BCUT2D eigenvalue weighted by Crippen LogP contribution is -2.36. The Kier molecular flexibility index (Phi) is 5.26. The lowest BCUT2D eigenvalue weighted by atomic mass is 9.75. The van der Waals surface area contributed by atoms with Gasteiger partial charge in [-0.3, -0.25) is 4.90 Å². The van der Waals surface area contributed by atoms with E-state index in [1.54, 1.807) is 0 Å². The lowest BCUT2D eigenvalue weighted by molar-refractivity contribution is 0.123. The molecule has 2 rings (SSSR count). The Balaban J connectivity index is 1.95. The van der Waals surface area contributed by atoms with Gasteiger partial charge >= 0.3 is 0 Å². The van der Waals surface area contributed by atoms with Crippen LogP contribution in [0, 0.1) is 17.3 Å². The third kappa shape index (κ3) is 4.09. The van der Waals surface area contributed by atoms with Crippen LogP contribution in [0.25, 0.3) is 0 Å². The Bertz CT molecular complexity index is 483. The zero-order valence-corrected chi connectivity index (χ0v) is 13.7. The second-order valence-corrected chi connectivity index (χ2v) is 7.57. The monoisotopic (exact) mass is 290 g/mol.